The van der Waals surface area contributed by atoms with Crippen molar-refractivity contribution in [3.8, 4) is 0 Å². The number of hydrogen-bond acceptors (Lipinski definition) is 2. The van der Waals surface area contributed by atoms with E-state index in [0.29, 0.717) is 12.2 Å². The van der Waals surface area contributed by atoms with E-state index < -0.39 is 6.03 Å². The van der Waals surface area contributed by atoms with Crippen molar-refractivity contribution in [2.24, 2.45) is 5.73 Å². The Morgan fingerprint density at radius 2 is 2.17 bits per heavy atom. The van der Waals surface area contributed by atoms with Gasteiger partial charge in [-0.3, -0.25) is 9.69 Å². The Morgan fingerprint density at radius 3 is 2.83 bits per heavy atom. The van der Waals surface area contributed by atoms with Crippen LogP contribution in [0.15, 0.2) is 18.2 Å². The summed E-state index contributed by atoms with van der Waals surface area (Å²) in [6.45, 7) is 2.13. The molecular weight excluding hydrogens is 230 g/mol. The molecule has 3 rings (SSSR count). The molecule has 0 saturated heterocycles. The summed E-state index contributed by atoms with van der Waals surface area (Å²) in [6, 6.07) is 5.16. The third-order valence-electron chi connectivity index (χ3n) is 3.41. The van der Waals surface area contributed by atoms with Crippen LogP contribution >= 0.6 is 0 Å². The minimum Gasteiger partial charge on any atom is -0.352 e. The standard InChI is InChI=1S/C13H13N3O2/c1-7(17)11-6-9-8-4-5-16(13(14)18)12(8)3-2-10(9)15-11/h2-3,6,15H,4-5H2,1H3,(H2,14,18). The average molecular weight is 243 g/mol. The topological polar surface area (TPSA) is 79.2 Å². The molecule has 2 heterocycles. The molecule has 5 nitrogen and oxygen atoms in total. The SMILES string of the molecule is CC(=O)c1cc2c3c(ccc2[nH]1)N(C(N)=O)CC3. The molecule has 3 N–H and O–H groups in total. The van der Waals surface area contributed by atoms with Crippen molar-refractivity contribution in [1.82, 2.24) is 4.98 Å². The number of hydrogen-bond donors (Lipinski definition) is 2. The highest BCUT2D eigenvalue weighted by atomic mass is 16.2. The second-order valence-electron chi connectivity index (χ2n) is 4.50. The van der Waals surface area contributed by atoms with E-state index in [2.05, 4.69) is 4.98 Å². The van der Waals surface area contributed by atoms with Crippen molar-refractivity contribution in [3.63, 3.8) is 0 Å². The number of aromatic amines is 1. The number of carbonyl (C=O) groups excluding carboxylic acids is 2. The molecule has 2 amide bonds. The van der Waals surface area contributed by atoms with E-state index >= 15 is 0 Å². The number of carbonyl (C=O) groups is 2. The molecule has 5 heteroatoms. The minimum atomic E-state index is -0.435. The van der Waals surface area contributed by atoms with Gasteiger partial charge in [-0.2, -0.15) is 0 Å². The lowest BCUT2D eigenvalue weighted by Crippen LogP contribution is -2.33. The van der Waals surface area contributed by atoms with Crippen molar-refractivity contribution < 1.29 is 9.59 Å². The van der Waals surface area contributed by atoms with E-state index in [4.69, 9.17) is 5.73 Å². The lowest BCUT2D eigenvalue weighted by atomic mass is 10.1. The van der Waals surface area contributed by atoms with Gasteiger partial charge in [0.25, 0.3) is 0 Å². The number of nitrogens with one attached hydrogen (secondary N) is 1. The number of anilines is 1. The summed E-state index contributed by atoms with van der Waals surface area (Å²) < 4.78 is 0. The second-order valence-corrected chi connectivity index (χ2v) is 4.50. The third kappa shape index (κ3) is 1.40. The molecule has 0 spiro atoms. The predicted molar refractivity (Wildman–Crippen MR) is 68.9 cm³/mol. The number of nitrogens with two attached hydrogens (primary N) is 1. The smallest absolute Gasteiger partial charge is 0.319 e. The fourth-order valence-corrected chi connectivity index (χ4v) is 2.53. The first-order valence-electron chi connectivity index (χ1n) is 5.80. The first kappa shape index (κ1) is 10.8. The summed E-state index contributed by atoms with van der Waals surface area (Å²) >= 11 is 0. The fraction of sp³-hybridized carbons (Fsp3) is 0.231. The van der Waals surface area contributed by atoms with Crippen LogP contribution in [0.3, 0.4) is 0 Å². The maximum Gasteiger partial charge on any atom is 0.319 e. The molecule has 92 valence electrons. The number of H-pyrrole nitrogens is 1. The van der Waals surface area contributed by atoms with Gasteiger partial charge in [0.05, 0.1) is 5.69 Å². The zero-order valence-corrected chi connectivity index (χ0v) is 9.99. The summed E-state index contributed by atoms with van der Waals surface area (Å²) in [4.78, 5) is 27.3. The first-order chi connectivity index (χ1) is 8.58. The van der Waals surface area contributed by atoms with Gasteiger partial charge in [0.15, 0.2) is 5.78 Å². The summed E-state index contributed by atoms with van der Waals surface area (Å²) in [5.74, 6) is 0.00436. The number of amides is 2. The van der Waals surface area contributed by atoms with E-state index in [9.17, 15) is 9.59 Å². The first-order valence-corrected chi connectivity index (χ1v) is 5.80. The molecule has 1 aromatic carbocycles. The summed E-state index contributed by atoms with van der Waals surface area (Å²) in [6.07, 6.45) is 0.769. The largest absolute Gasteiger partial charge is 0.352 e. The summed E-state index contributed by atoms with van der Waals surface area (Å²) in [7, 11) is 0. The van der Waals surface area contributed by atoms with Gasteiger partial charge in [-0.1, -0.05) is 0 Å². The summed E-state index contributed by atoms with van der Waals surface area (Å²) in [5.41, 5.74) is 8.78. The van der Waals surface area contributed by atoms with E-state index in [-0.39, 0.29) is 5.78 Å². The van der Waals surface area contributed by atoms with Gasteiger partial charge in [0.2, 0.25) is 0 Å². The predicted octanol–water partition coefficient (Wildman–Crippen LogP) is 1.81. The minimum absolute atomic E-state index is 0.00436. The van der Waals surface area contributed by atoms with E-state index in [1.165, 1.54) is 6.92 Å². The van der Waals surface area contributed by atoms with Crippen LogP contribution in [0.4, 0.5) is 10.5 Å². The number of fused-ring (bicyclic) bond motifs is 3. The number of ketones is 1. The average Bonchev–Trinajstić information content (AvgIpc) is 2.91. The van der Waals surface area contributed by atoms with Crippen LogP contribution in [0.5, 0.6) is 0 Å². The number of aromatic nitrogens is 1. The molecule has 1 aliphatic heterocycles. The van der Waals surface area contributed by atoms with Crippen molar-refractivity contribution in [2.75, 3.05) is 11.4 Å². The maximum absolute atomic E-state index is 11.4. The molecule has 1 aliphatic rings. The lowest BCUT2D eigenvalue weighted by Gasteiger charge is -2.13. The summed E-state index contributed by atoms with van der Waals surface area (Å²) in [5, 5.41) is 1.00. The highest BCUT2D eigenvalue weighted by molar-refractivity contribution is 6.02. The van der Waals surface area contributed by atoms with Gasteiger partial charge in [0.1, 0.15) is 0 Å². The molecule has 0 radical (unpaired) electrons. The highest BCUT2D eigenvalue weighted by Gasteiger charge is 2.25. The molecule has 2 aromatic rings. The van der Waals surface area contributed by atoms with Crippen LogP contribution in [0.1, 0.15) is 23.0 Å². The molecule has 0 aliphatic carbocycles. The number of nitrogens with zero attached hydrogens (tertiary/aromatic N) is 1. The fourth-order valence-electron chi connectivity index (χ4n) is 2.53. The van der Waals surface area contributed by atoms with Crippen LogP contribution in [0.2, 0.25) is 0 Å². The van der Waals surface area contributed by atoms with E-state index in [1.807, 2.05) is 18.2 Å². The van der Waals surface area contributed by atoms with Crippen molar-refractivity contribution in [2.45, 2.75) is 13.3 Å². The van der Waals surface area contributed by atoms with Crippen LogP contribution in [-0.2, 0) is 6.42 Å². The van der Waals surface area contributed by atoms with Crippen molar-refractivity contribution in [1.29, 1.82) is 0 Å². The van der Waals surface area contributed by atoms with E-state index in [0.717, 1.165) is 28.6 Å². The quantitative estimate of drug-likeness (QED) is 0.749. The monoisotopic (exact) mass is 243 g/mol. The normalized spacial score (nSPS) is 13.9. The zero-order chi connectivity index (χ0) is 12.9. The molecule has 0 unspecified atom stereocenters. The van der Waals surface area contributed by atoms with Crippen LogP contribution < -0.4 is 10.6 Å². The lowest BCUT2D eigenvalue weighted by molar-refractivity contribution is 0.101. The Kier molecular flexibility index (Phi) is 2.16. The Bertz CT molecular complexity index is 672. The maximum atomic E-state index is 11.4. The highest BCUT2D eigenvalue weighted by Crippen LogP contribution is 2.34. The number of Topliss-reactive ketones (excluding diaryl/α,β-unsaturated/α-hetero) is 1. The Balaban J connectivity index is 2.21. The van der Waals surface area contributed by atoms with Crippen LogP contribution in [0, 0.1) is 0 Å². The molecule has 0 saturated carbocycles. The Morgan fingerprint density at radius 1 is 1.39 bits per heavy atom. The second kappa shape index (κ2) is 3.60. The van der Waals surface area contributed by atoms with Crippen molar-refractivity contribution in [3.05, 3.63) is 29.5 Å². The number of primary amides is 1. The van der Waals surface area contributed by atoms with Gasteiger partial charge in [-0.15, -0.1) is 0 Å². The zero-order valence-electron chi connectivity index (χ0n) is 9.99. The van der Waals surface area contributed by atoms with Gasteiger partial charge in [-0.05, 0) is 30.2 Å². The molecule has 0 bridgehead atoms. The molecule has 0 atom stereocenters. The number of rotatable bonds is 1. The third-order valence-corrected chi connectivity index (χ3v) is 3.41. The number of urea groups is 1. The molecule has 18 heavy (non-hydrogen) atoms. The number of benzene rings is 1. The Labute approximate surface area is 104 Å². The van der Waals surface area contributed by atoms with Gasteiger partial charge in [0, 0.05) is 30.1 Å². The molecule has 1 aromatic heterocycles. The van der Waals surface area contributed by atoms with E-state index in [1.54, 1.807) is 4.90 Å². The van der Waals surface area contributed by atoms with Crippen LogP contribution in [-0.4, -0.2) is 23.3 Å². The van der Waals surface area contributed by atoms with Crippen LogP contribution in [0.25, 0.3) is 10.9 Å². The molecular formula is C13H13N3O2. The van der Waals surface area contributed by atoms with Gasteiger partial charge in [-0.25, -0.2) is 4.79 Å². The van der Waals surface area contributed by atoms with Crippen molar-refractivity contribution >= 4 is 28.4 Å². The van der Waals surface area contributed by atoms with Gasteiger partial charge < -0.3 is 10.7 Å². The molecule has 0 fully saturated rings. The Hall–Kier alpha value is -2.30. The van der Waals surface area contributed by atoms with Gasteiger partial charge >= 0.3 is 6.03 Å².